The van der Waals surface area contributed by atoms with Crippen molar-refractivity contribution in [3.05, 3.63) is 130 Å². The van der Waals surface area contributed by atoms with E-state index in [0.717, 1.165) is 31.2 Å². The van der Waals surface area contributed by atoms with E-state index in [4.69, 9.17) is 11.6 Å². The average molecular weight is 556 g/mol. The summed E-state index contributed by atoms with van der Waals surface area (Å²) in [5, 5.41) is 2.06. The molecule has 200 valence electrons. The van der Waals surface area contributed by atoms with Gasteiger partial charge in [0, 0.05) is 29.0 Å². The fourth-order valence-corrected chi connectivity index (χ4v) is 6.66. The predicted molar refractivity (Wildman–Crippen MR) is 168 cm³/mol. The fraction of sp³-hybridized carbons (Fsp3) is 0.257. The van der Waals surface area contributed by atoms with Gasteiger partial charge in [-0.2, -0.15) is 0 Å². The van der Waals surface area contributed by atoms with Crippen LogP contribution in [0, 0.1) is 13.8 Å². The molecule has 4 aromatic carbocycles. The van der Waals surface area contributed by atoms with Crippen LogP contribution in [0.2, 0.25) is 5.02 Å². The van der Waals surface area contributed by atoms with Crippen molar-refractivity contribution in [2.45, 2.75) is 45.7 Å². The van der Waals surface area contributed by atoms with Gasteiger partial charge in [-0.15, -0.1) is 12.4 Å². The van der Waals surface area contributed by atoms with Gasteiger partial charge in [-0.25, -0.2) is 0 Å². The topological polar surface area (TPSA) is 8.17 Å². The molecular formula is C35H36Cl2N2. The SMILES string of the molecule is Cc1cccc(C)c1C1CCN(Cc2c(-c3ccccc3)n(Cc3ccccc3)c3ccc(Cl)cc23)CC1.Cl. The number of hydrogen-bond donors (Lipinski definition) is 0. The van der Waals surface area contributed by atoms with Gasteiger partial charge in [0.2, 0.25) is 0 Å². The molecule has 1 saturated heterocycles. The maximum Gasteiger partial charge on any atom is 0.0540 e. The minimum atomic E-state index is 0. The van der Waals surface area contributed by atoms with Crippen LogP contribution in [0.5, 0.6) is 0 Å². The molecule has 0 saturated carbocycles. The highest BCUT2D eigenvalue weighted by Gasteiger charge is 2.26. The third-order valence-corrected chi connectivity index (χ3v) is 8.52. The van der Waals surface area contributed by atoms with Gasteiger partial charge in [-0.3, -0.25) is 4.90 Å². The molecule has 1 aromatic heterocycles. The van der Waals surface area contributed by atoms with Gasteiger partial charge >= 0.3 is 0 Å². The van der Waals surface area contributed by atoms with E-state index in [1.165, 1.54) is 57.3 Å². The number of benzene rings is 4. The van der Waals surface area contributed by atoms with E-state index >= 15 is 0 Å². The number of halogens is 2. The standard InChI is InChI=1S/C35H35ClN2.ClH/c1-25-10-9-11-26(2)34(25)28-18-20-37(21-19-28)24-32-31-22-30(36)16-17-33(31)38(23-27-12-5-3-6-13-27)35(32)29-14-7-4-8-15-29;/h3-17,22,28H,18-21,23-24H2,1-2H3;1H. The summed E-state index contributed by atoms with van der Waals surface area (Å²) in [6.45, 7) is 8.52. The first kappa shape index (κ1) is 27.5. The highest BCUT2D eigenvalue weighted by Crippen LogP contribution is 2.38. The minimum Gasteiger partial charge on any atom is -0.336 e. The normalized spacial score (nSPS) is 14.4. The molecule has 5 aromatic rings. The molecule has 0 unspecified atom stereocenters. The van der Waals surface area contributed by atoms with Gasteiger partial charge in [-0.1, -0.05) is 90.5 Å². The van der Waals surface area contributed by atoms with Crippen molar-refractivity contribution in [2.24, 2.45) is 0 Å². The highest BCUT2D eigenvalue weighted by atomic mass is 35.5. The van der Waals surface area contributed by atoms with E-state index in [0.29, 0.717) is 5.92 Å². The number of likely N-dealkylation sites (tertiary alicyclic amines) is 1. The van der Waals surface area contributed by atoms with Gasteiger partial charge in [0.1, 0.15) is 0 Å². The van der Waals surface area contributed by atoms with E-state index in [1.54, 1.807) is 5.56 Å². The zero-order valence-corrected chi connectivity index (χ0v) is 24.3. The van der Waals surface area contributed by atoms with Crippen molar-refractivity contribution in [1.82, 2.24) is 9.47 Å². The second-order valence-corrected chi connectivity index (χ2v) is 11.2. The van der Waals surface area contributed by atoms with Crippen LogP contribution in [-0.4, -0.2) is 22.6 Å². The van der Waals surface area contributed by atoms with Crippen molar-refractivity contribution in [1.29, 1.82) is 0 Å². The van der Waals surface area contributed by atoms with Gasteiger partial charge in [0.25, 0.3) is 0 Å². The average Bonchev–Trinajstić information content (AvgIpc) is 3.22. The Morgan fingerprint density at radius 3 is 2.05 bits per heavy atom. The lowest BCUT2D eigenvalue weighted by Crippen LogP contribution is -2.33. The number of aryl methyl sites for hydroxylation is 2. The molecule has 4 heteroatoms. The van der Waals surface area contributed by atoms with Crippen LogP contribution >= 0.6 is 24.0 Å². The summed E-state index contributed by atoms with van der Waals surface area (Å²) in [6.07, 6.45) is 2.41. The van der Waals surface area contributed by atoms with Crippen LogP contribution in [0.1, 0.15) is 46.6 Å². The molecule has 0 bridgehead atoms. The third kappa shape index (κ3) is 5.65. The van der Waals surface area contributed by atoms with E-state index in [9.17, 15) is 0 Å². The Morgan fingerprint density at radius 2 is 1.38 bits per heavy atom. The smallest absolute Gasteiger partial charge is 0.0540 e. The molecule has 0 amide bonds. The van der Waals surface area contributed by atoms with E-state index in [2.05, 4.69) is 114 Å². The Morgan fingerprint density at radius 1 is 0.744 bits per heavy atom. The first-order valence-corrected chi connectivity index (χ1v) is 14.1. The molecule has 2 nitrogen and oxygen atoms in total. The largest absolute Gasteiger partial charge is 0.336 e. The number of hydrogen-bond acceptors (Lipinski definition) is 1. The van der Waals surface area contributed by atoms with Gasteiger partial charge in [-0.05, 0) is 97.3 Å². The minimum absolute atomic E-state index is 0. The van der Waals surface area contributed by atoms with Crippen LogP contribution in [0.25, 0.3) is 22.2 Å². The molecule has 0 atom stereocenters. The summed E-state index contributed by atoms with van der Waals surface area (Å²) in [5.41, 5.74) is 11.0. The van der Waals surface area contributed by atoms with Crippen molar-refractivity contribution >= 4 is 34.9 Å². The monoisotopic (exact) mass is 554 g/mol. The van der Waals surface area contributed by atoms with Gasteiger partial charge in [0.05, 0.1) is 5.69 Å². The lowest BCUT2D eigenvalue weighted by atomic mass is 9.84. The molecule has 6 rings (SSSR count). The lowest BCUT2D eigenvalue weighted by Gasteiger charge is -2.33. The number of aromatic nitrogens is 1. The Kier molecular flexibility index (Phi) is 8.47. The number of fused-ring (bicyclic) bond motifs is 1. The molecular weight excluding hydrogens is 519 g/mol. The number of nitrogens with zero attached hydrogens (tertiary/aromatic N) is 2. The third-order valence-electron chi connectivity index (χ3n) is 8.28. The van der Waals surface area contributed by atoms with Crippen LogP contribution < -0.4 is 0 Å². The molecule has 39 heavy (non-hydrogen) atoms. The molecule has 2 heterocycles. The quantitative estimate of drug-likeness (QED) is 0.203. The van der Waals surface area contributed by atoms with Crippen LogP contribution in [-0.2, 0) is 13.1 Å². The Labute approximate surface area is 243 Å². The first-order valence-electron chi connectivity index (χ1n) is 13.8. The molecule has 1 fully saturated rings. The van der Waals surface area contributed by atoms with Crippen molar-refractivity contribution in [3.8, 4) is 11.3 Å². The molecule has 0 spiro atoms. The maximum absolute atomic E-state index is 6.59. The van der Waals surface area contributed by atoms with Crippen LogP contribution in [0.4, 0.5) is 0 Å². The molecule has 0 radical (unpaired) electrons. The summed E-state index contributed by atoms with van der Waals surface area (Å²) in [4.78, 5) is 2.65. The summed E-state index contributed by atoms with van der Waals surface area (Å²) < 4.78 is 2.50. The summed E-state index contributed by atoms with van der Waals surface area (Å²) in [7, 11) is 0. The fourth-order valence-electron chi connectivity index (χ4n) is 6.49. The second-order valence-electron chi connectivity index (χ2n) is 10.8. The zero-order chi connectivity index (χ0) is 26.1. The Hall–Kier alpha value is -3.04. The predicted octanol–water partition coefficient (Wildman–Crippen LogP) is 9.43. The molecule has 1 aliphatic heterocycles. The van der Waals surface area contributed by atoms with Crippen molar-refractivity contribution < 1.29 is 0 Å². The maximum atomic E-state index is 6.59. The molecule has 0 aliphatic carbocycles. The Balaban J connectivity index is 0.00000308. The Bertz CT molecular complexity index is 1530. The van der Waals surface area contributed by atoms with Gasteiger partial charge in [0.15, 0.2) is 0 Å². The van der Waals surface area contributed by atoms with E-state index in [-0.39, 0.29) is 12.4 Å². The van der Waals surface area contributed by atoms with Crippen molar-refractivity contribution in [2.75, 3.05) is 13.1 Å². The zero-order valence-electron chi connectivity index (χ0n) is 22.7. The summed E-state index contributed by atoms with van der Waals surface area (Å²) >= 11 is 6.59. The highest BCUT2D eigenvalue weighted by molar-refractivity contribution is 6.31. The van der Waals surface area contributed by atoms with E-state index in [1.807, 2.05) is 6.07 Å². The summed E-state index contributed by atoms with van der Waals surface area (Å²) in [5.74, 6) is 0.648. The molecule has 0 N–H and O–H groups in total. The number of rotatable bonds is 6. The summed E-state index contributed by atoms with van der Waals surface area (Å²) in [6, 6.07) is 34.8. The second kappa shape index (κ2) is 12.0. The van der Waals surface area contributed by atoms with Crippen LogP contribution in [0.15, 0.2) is 97.1 Å². The lowest BCUT2D eigenvalue weighted by molar-refractivity contribution is 0.205. The van der Waals surface area contributed by atoms with Crippen molar-refractivity contribution in [3.63, 3.8) is 0 Å². The van der Waals surface area contributed by atoms with Gasteiger partial charge < -0.3 is 4.57 Å². The van der Waals surface area contributed by atoms with Crippen LogP contribution in [0.3, 0.4) is 0 Å². The first-order chi connectivity index (χ1) is 18.6. The number of piperidine rings is 1. The molecule has 1 aliphatic rings. The van der Waals surface area contributed by atoms with E-state index < -0.39 is 0 Å².